The first kappa shape index (κ1) is 8.64. The molecule has 11 heavy (non-hydrogen) atoms. The first-order chi connectivity index (χ1) is 4.89. The van der Waals surface area contributed by atoms with E-state index in [1.807, 2.05) is 0 Å². The lowest BCUT2D eigenvalue weighted by atomic mass is 10.0. The molecule has 1 unspecified atom stereocenters. The Labute approximate surface area is 64.5 Å². The molecule has 0 aromatic rings. The number of hydrogen-bond donors (Lipinski definition) is 3. The van der Waals surface area contributed by atoms with Crippen LogP contribution in [-0.2, 0) is 4.79 Å². The lowest BCUT2D eigenvalue weighted by Crippen LogP contribution is -2.32. The molecule has 4 nitrogen and oxygen atoms in total. The van der Waals surface area contributed by atoms with Crippen LogP contribution in [0.3, 0.4) is 0 Å². The monoisotopic (exact) mass is 160 g/mol. The Hall–Kier alpha value is -0.450. The molecule has 64 valence electrons. The third-order valence-corrected chi connectivity index (χ3v) is 2.55. The van der Waals surface area contributed by atoms with Gasteiger partial charge in [-0.2, -0.15) is 0 Å². The van der Waals surface area contributed by atoms with Crippen LogP contribution < -0.4 is 0 Å². The van der Waals surface area contributed by atoms with E-state index in [2.05, 4.69) is 0 Å². The van der Waals surface area contributed by atoms with E-state index >= 15 is 0 Å². The predicted octanol–water partition coefficient (Wildman–Crippen LogP) is -1.32. The van der Waals surface area contributed by atoms with Gasteiger partial charge in [0.15, 0.2) is 11.4 Å². The van der Waals surface area contributed by atoms with Gasteiger partial charge in [0.25, 0.3) is 0 Å². The highest BCUT2D eigenvalue weighted by Crippen LogP contribution is 2.55. The Balaban J connectivity index is 2.82. The Kier molecular flexibility index (Phi) is 1.59. The van der Waals surface area contributed by atoms with Crippen LogP contribution in [0.5, 0.6) is 0 Å². The largest absolute Gasteiger partial charge is 0.389 e. The van der Waals surface area contributed by atoms with Gasteiger partial charge >= 0.3 is 0 Å². The van der Waals surface area contributed by atoms with Crippen LogP contribution in [0.15, 0.2) is 0 Å². The molecule has 0 aliphatic heterocycles. The molecule has 1 fully saturated rings. The van der Waals surface area contributed by atoms with Crippen molar-refractivity contribution in [2.45, 2.75) is 25.6 Å². The Morgan fingerprint density at radius 1 is 1.55 bits per heavy atom. The summed E-state index contributed by atoms with van der Waals surface area (Å²) >= 11 is 0. The molecule has 1 saturated carbocycles. The van der Waals surface area contributed by atoms with Crippen molar-refractivity contribution in [3.8, 4) is 0 Å². The zero-order chi connectivity index (χ0) is 8.86. The number of ketones is 1. The second-order valence-electron chi connectivity index (χ2n) is 3.47. The summed E-state index contributed by atoms with van der Waals surface area (Å²) in [5.41, 5.74) is -2.53. The van der Waals surface area contributed by atoms with Gasteiger partial charge in [0.05, 0.1) is 6.10 Å². The van der Waals surface area contributed by atoms with Crippen LogP contribution in [-0.4, -0.2) is 39.4 Å². The maximum absolute atomic E-state index is 10.9. The van der Waals surface area contributed by atoms with Gasteiger partial charge in [-0.3, -0.25) is 4.79 Å². The molecule has 0 aromatic heterocycles. The van der Waals surface area contributed by atoms with E-state index in [1.165, 1.54) is 0 Å². The molecule has 1 rings (SSSR count). The van der Waals surface area contributed by atoms with E-state index in [-0.39, 0.29) is 0 Å². The van der Waals surface area contributed by atoms with E-state index < -0.39 is 29.5 Å². The summed E-state index contributed by atoms with van der Waals surface area (Å²) in [7, 11) is 0. The van der Waals surface area contributed by atoms with Gasteiger partial charge < -0.3 is 15.3 Å². The Bertz CT molecular complexity index is 199. The fraction of sp³-hybridized carbons (Fsp3) is 0.857. The number of rotatable bonds is 2. The number of aliphatic hydroxyl groups is 3. The fourth-order valence-electron chi connectivity index (χ4n) is 1.35. The number of Topliss-reactive ketones (excluding diaryl/α,β-unsaturated/α-hetero) is 1. The summed E-state index contributed by atoms with van der Waals surface area (Å²) in [5.74, 6) is -0.713. The molecule has 1 aliphatic carbocycles. The minimum Gasteiger partial charge on any atom is -0.389 e. The number of carbonyl (C=O) groups excluding carboxylic acids is 1. The van der Waals surface area contributed by atoms with E-state index in [1.54, 1.807) is 13.8 Å². The van der Waals surface area contributed by atoms with Gasteiger partial charge in [-0.25, -0.2) is 0 Å². The minimum absolute atomic E-state index is 0.713. The second-order valence-corrected chi connectivity index (χ2v) is 3.47. The molecule has 0 saturated heterocycles. The first-order valence-electron chi connectivity index (χ1n) is 3.43. The SMILES string of the molecule is CC1(C)C(O)[C@@]1(O)C(=O)CO. The summed E-state index contributed by atoms with van der Waals surface area (Å²) in [5, 5.41) is 27.0. The number of hydrogen-bond acceptors (Lipinski definition) is 4. The van der Waals surface area contributed by atoms with Crippen LogP contribution in [0.25, 0.3) is 0 Å². The van der Waals surface area contributed by atoms with Crippen molar-refractivity contribution in [3.63, 3.8) is 0 Å². The molecular weight excluding hydrogens is 148 g/mol. The molecular formula is C7H12O4. The van der Waals surface area contributed by atoms with Crippen LogP contribution in [0.2, 0.25) is 0 Å². The molecule has 0 radical (unpaired) electrons. The Morgan fingerprint density at radius 3 is 2.00 bits per heavy atom. The zero-order valence-corrected chi connectivity index (χ0v) is 6.53. The standard InChI is InChI=1S/C7H12O4/c1-6(2)5(10)7(6,11)4(9)3-8/h5,8,10-11H,3H2,1-2H3/t5?,7-/m0/s1. The van der Waals surface area contributed by atoms with Crippen molar-refractivity contribution >= 4 is 5.78 Å². The zero-order valence-electron chi connectivity index (χ0n) is 6.53. The quantitative estimate of drug-likeness (QED) is 0.468. The number of aliphatic hydroxyl groups excluding tert-OH is 2. The highest BCUT2D eigenvalue weighted by Gasteiger charge is 2.74. The lowest BCUT2D eigenvalue weighted by Gasteiger charge is -2.07. The maximum atomic E-state index is 10.9. The van der Waals surface area contributed by atoms with Crippen LogP contribution in [0, 0.1) is 5.41 Å². The maximum Gasteiger partial charge on any atom is 0.192 e. The van der Waals surface area contributed by atoms with Crippen molar-refractivity contribution in [1.82, 2.24) is 0 Å². The predicted molar refractivity (Wildman–Crippen MR) is 36.8 cm³/mol. The van der Waals surface area contributed by atoms with Crippen molar-refractivity contribution in [2.75, 3.05) is 6.61 Å². The topological polar surface area (TPSA) is 77.8 Å². The summed E-state index contributed by atoms with van der Waals surface area (Å²) in [6.07, 6.45) is -1.05. The summed E-state index contributed by atoms with van der Waals surface area (Å²) in [4.78, 5) is 10.9. The minimum atomic E-state index is -1.72. The van der Waals surface area contributed by atoms with Gasteiger partial charge in [-0.05, 0) is 0 Å². The van der Waals surface area contributed by atoms with Gasteiger partial charge in [0.2, 0.25) is 0 Å². The van der Waals surface area contributed by atoms with Gasteiger partial charge in [-0.15, -0.1) is 0 Å². The van der Waals surface area contributed by atoms with Crippen LogP contribution in [0.1, 0.15) is 13.8 Å². The smallest absolute Gasteiger partial charge is 0.192 e. The molecule has 0 spiro atoms. The molecule has 3 N–H and O–H groups in total. The van der Waals surface area contributed by atoms with E-state index in [9.17, 15) is 9.90 Å². The summed E-state index contributed by atoms with van der Waals surface area (Å²) in [6, 6.07) is 0. The average molecular weight is 160 g/mol. The normalized spacial score (nSPS) is 40.3. The number of carbonyl (C=O) groups is 1. The highest BCUT2D eigenvalue weighted by atomic mass is 16.4. The molecule has 0 aromatic carbocycles. The first-order valence-corrected chi connectivity index (χ1v) is 3.43. The van der Waals surface area contributed by atoms with Crippen molar-refractivity contribution < 1.29 is 20.1 Å². The van der Waals surface area contributed by atoms with Crippen LogP contribution >= 0.6 is 0 Å². The molecule has 0 heterocycles. The molecule has 1 aliphatic rings. The van der Waals surface area contributed by atoms with Crippen LogP contribution in [0.4, 0.5) is 0 Å². The van der Waals surface area contributed by atoms with E-state index in [4.69, 9.17) is 10.2 Å². The van der Waals surface area contributed by atoms with Gasteiger partial charge in [0, 0.05) is 5.41 Å². The third-order valence-electron chi connectivity index (χ3n) is 2.55. The average Bonchev–Trinajstić information content (AvgIpc) is 2.34. The Morgan fingerprint density at radius 2 is 1.91 bits per heavy atom. The highest BCUT2D eigenvalue weighted by molar-refractivity contribution is 5.93. The van der Waals surface area contributed by atoms with Crippen molar-refractivity contribution in [3.05, 3.63) is 0 Å². The summed E-state index contributed by atoms with van der Waals surface area (Å²) in [6.45, 7) is 2.42. The molecule has 0 bridgehead atoms. The molecule has 2 atom stereocenters. The van der Waals surface area contributed by atoms with E-state index in [0.29, 0.717) is 0 Å². The van der Waals surface area contributed by atoms with Crippen molar-refractivity contribution in [1.29, 1.82) is 0 Å². The molecule has 0 amide bonds. The van der Waals surface area contributed by atoms with E-state index in [0.717, 1.165) is 0 Å². The van der Waals surface area contributed by atoms with Gasteiger partial charge in [0.1, 0.15) is 6.61 Å². The molecule has 4 heteroatoms. The van der Waals surface area contributed by atoms with Crippen molar-refractivity contribution in [2.24, 2.45) is 5.41 Å². The fourth-order valence-corrected chi connectivity index (χ4v) is 1.35. The lowest BCUT2D eigenvalue weighted by molar-refractivity contribution is -0.135. The summed E-state index contributed by atoms with van der Waals surface area (Å²) < 4.78 is 0. The second kappa shape index (κ2) is 2.03. The van der Waals surface area contributed by atoms with Gasteiger partial charge in [-0.1, -0.05) is 13.8 Å². The third kappa shape index (κ3) is 0.772.